The Labute approximate surface area is 93.1 Å². The van der Waals surface area contributed by atoms with Crippen molar-refractivity contribution in [2.75, 3.05) is 18.1 Å². The molecule has 0 saturated carbocycles. The van der Waals surface area contributed by atoms with E-state index in [0.717, 1.165) is 12.2 Å². The third-order valence-corrected chi connectivity index (χ3v) is 3.16. The highest BCUT2D eigenvalue weighted by atomic mass is 32.2. The first-order valence-corrected chi connectivity index (χ1v) is 6.16. The van der Waals surface area contributed by atoms with Gasteiger partial charge in [0.25, 0.3) is 0 Å². The van der Waals surface area contributed by atoms with Crippen LogP contribution in [0.1, 0.15) is 6.92 Å². The minimum Gasteiger partial charge on any atom is -0.352 e. The number of anilines is 1. The zero-order chi connectivity index (χ0) is 10.7. The van der Waals surface area contributed by atoms with Crippen molar-refractivity contribution in [3.8, 4) is 0 Å². The van der Waals surface area contributed by atoms with Gasteiger partial charge in [-0.2, -0.15) is 16.7 Å². The van der Waals surface area contributed by atoms with Gasteiger partial charge in [-0.15, -0.1) is 5.10 Å². The Balaban J connectivity index is 2.09. The number of hydrogen-bond acceptors (Lipinski definition) is 4. The number of thioether (sulfide) groups is 1. The Morgan fingerprint density at radius 3 is 3.13 bits per heavy atom. The summed E-state index contributed by atoms with van der Waals surface area (Å²) in [7, 11) is 0. The minimum atomic E-state index is 0.566. The van der Waals surface area contributed by atoms with E-state index in [1.807, 2.05) is 36.2 Å². The number of nitrogens with zero attached hydrogens (tertiary/aromatic N) is 3. The second-order valence-corrected chi connectivity index (χ2v) is 4.64. The average molecular weight is 222 g/mol. The molecule has 0 amide bonds. The number of hydrogen-bond donors (Lipinski definition) is 1. The molecule has 1 unspecified atom stereocenters. The van der Waals surface area contributed by atoms with Gasteiger partial charge in [0, 0.05) is 18.0 Å². The van der Waals surface area contributed by atoms with E-state index in [4.69, 9.17) is 0 Å². The molecule has 0 aliphatic rings. The van der Waals surface area contributed by atoms with Gasteiger partial charge in [-0.25, -0.2) is 4.52 Å². The lowest BCUT2D eigenvalue weighted by Crippen LogP contribution is -2.13. The molecule has 2 aromatic rings. The Morgan fingerprint density at radius 2 is 2.40 bits per heavy atom. The number of aromatic nitrogens is 3. The van der Waals surface area contributed by atoms with Crippen LogP contribution in [0.25, 0.3) is 5.65 Å². The van der Waals surface area contributed by atoms with Crippen molar-refractivity contribution in [2.24, 2.45) is 0 Å². The smallest absolute Gasteiger partial charge is 0.243 e. The zero-order valence-corrected chi connectivity index (χ0v) is 9.66. The molecule has 2 heterocycles. The van der Waals surface area contributed by atoms with Crippen molar-refractivity contribution in [1.29, 1.82) is 0 Å². The van der Waals surface area contributed by atoms with E-state index >= 15 is 0 Å². The molecule has 2 aromatic heterocycles. The molecule has 80 valence electrons. The summed E-state index contributed by atoms with van der Waals surface area (Å²) in [4.78, 5) is 4.35. The van der Waals surface area contributed by atoms with Crippen LogP contribution in [0.4, 0.5) is 5.95 Å². The normalized spacial score (nSPS) is 12.9. The van der Waals surface area contributed by atoms with Crippen LogP contribution in [-0.2, 0) is 0 Å². The summed E-state index contributed by atoms with van der Waals surface area (Å²) in [5, 5.41) is 8.09. The highest BCUT2D eigenvalue weighted by Crippen LogP contribution is 2.08. The van der Waals surface area contributed by atoms with Crippen molar-refractivity contribution in [2.45, 2.75) is 12.2 Å². The maximum absolute atomic E-state index is 4.35. The molecule has 0 fully saturated rings. The van der Waals surface area contributed by atoms with Gasteiger partial charge >= 0.3 is 0 Å². The van der Waals surface area contributed by atoms with Gasteiger partial charge in [-0.1, -0.05) is 13.0 Å². The van der Waals surface area contributed by atoms with Crippen LogP contribution >= 0.6 is 11.8 Å². The lowest BCUT2D eigenvalue weighted by atomic mass is 10.5. The van der Waals surface area contributed by atoms with Gasteiger partial charge in [0.2, 0.25) is 5.95 Å². The average Bonchev–Trinajstić information content (AvgIpc) is 2.68. The molecular formula is C10H14N4S. The van der Waals surface area contributed by atoms with Crippen LogP contribution in [-0.4, -0.2) is 32.6 Å². The molecule has 0 radical (unpaired) electrons. The molecule has 0 aliphatic carbocycles. The van der Waals surface area contributed by atoms with Crippen molar-refractivity contribution in [3.63, 3.8) is 0 Å². The van der Waals surface area contributed by atoms with Gasteiger partial charge in [-0.05, 0) is 18.4 Å². The molecule has 15 heavy (non-hydrogen) atoms. The lowest BCUT2D eigenvalue weighted by Gasteiger charge is -2.06. The standard InChI is InChI=1S/C10H14N4S/c1-8(15-2)7-11-10-12-9-5-3-4-6-14(9)13-10/h3-6,8H,7H2,1-2H3,(H,11,13). The Morgan fingerprint density at radius 1 is 1.53 bits per heavy atom. The maximum Gasteiger partial charge on any atom is 0.243 e. The molecule has 0 spiro atoms. The highest BCUT2D eigenvalue weighted by Gasteiger charge is 2.03. The Kier molecular flexibility index (Phi) is 3.11. The third-order valence-electron chi connectivity index (χ3n) is 2.19. The van der Waals surface area contributed by atoms with Crippen LogP contribution in [0.15, 0.2) is 24.4 Å². The first-order valence-electron chi connectivity index (χ1n) is 4.87. The Hall–Kier alpha value is -1.23. The van der Waals surface area contributed by atoms with Crippen LogP contribution in [0, 0.1) is 0 Å². The van der Waals surface area contributed by atoms with Gasteiger partial charge < -0.3 is 5.32 Å². The fourth-order valence-corrected chi connectivity index (χ4v) is 1.47. The summed E-state index contributed by atoms with van der Waals surface area (Å²) >= 11 is 1.83. The summed E-state index contributed by atoms with van der Waals surface area (Å²) in [6, 6.07) is 5.84. The highest BCUT2D eigenvalue weighted by molar-refractivity contribution is 7.99. The fraction of sp³-hybridized carbons (Fsp3) is 0.400. The van der Waals surface area contributed by atoms with Crippen molar-refractivity contribution in [1.82, 2.24) is 14.6 Å². The summed E-state index contributed by atoms with van der Waals surface area (Å²) in [5.74, 6) is 0.696. The summed E-state index contributed by atoms with van der Waals surface area (Å²) in [6.07, 6.45) is 3.99. The molecule has 2 rings (SSSR count). The second kappa shape index (κ2) is 4.53. The molecule has 0 saturated heterocycles. The number of rotatable bonds is 4. The second-order valence-electron chi connectivity index (χ2n) is 3.37. The van der Waals surface area contributed by atoms with E-state index in [0.29, 0.717) is 11.2 Å². The predicted octanol–water partition coefficient (Wildman–Crippen LogP) is 1.89. The third kappa shape index (κ3) is 2.41. The SMILES string of the molecule is CSC(C)CNc1nc2ccccn2n1. The van der Waals surface area contributed by atoms with E-state index < -0.39 is 0 Å². The van der Waals surface area contributed by atoms with Gasteiger partial charge in [0.05, 0.1) is 0 Å². The number of nitrogens with one attached hydrogen (secondary N) is 1. The van der Waals surface area contributed by atoms with Crippen molar-refractivity contribution < 1.29 is 0 Å². The molecule has 4 nitrogen and oxygen atoms in total. The molecule has 5 heteroatoms. The molecular weight excluding hydrogens is 208 g/mol. The first-order chi connectivity index (χ1) is 7.29. The quantitative estimate of drug-likeness (QED) is 0.858. The Bertz CT molecular complexity index is 407. The van der Waals surface area contributed by atoms with Crippen LogP contribution in [0.2, 0.25) is 0 Å². The maximum atomic E-state index is 4.35. The van der Waals surface area contributed by atoms with Crippen molar-refractivity contribution in [3.05, 3.63) is 24.4 Å². The molecule has 0 aromatic carbocycles. The number of pyridine rings is 1. The summed E-state index contributed by atoms with van der Waals surface area (Å²) in [5.41, 5.74) is 0.872. The van der Waals surface area contributed by atoms with E-state index in [-0.39, 0.29) is 0 Å². The summed E-state index contributed by atoms with van der Waals surface area (Å²) in [6.45, 7) is 3.06. The predicted molar refractivity (Wildman–Crippen MR) is 64.5 cm³/mol. The van der Waals surface area contributed by atoms with Crippen LogP contribution < -0.4 is 5.32 Å². The monoisotopic (exact) mass is 222 g/mol. The molecule has 1 atom stereocenters. The van der Waals surface area contributed by atoms with Crippen LogP contribution in [0.3, 0.4) is 0 Å². The minimum absolute atomic E-state index is 0.566. The molecule has 1 N–H and O–H groups in total. The zero-order valence-electron chi connectivity index (χ0n) is 8.84. The topological polar surface area (TPSA) is 42.2 Å². The van der Waals surface area contributed by atoms with Gasteiger partial charge in [0.1, 0.15) is 0 Å². The van der Waals surface area contributed by atoms with E-state index in [9.17, 15) is 0 Å². The van der Waals surface area contributed by atoms with Crippen LogP contribution in [0.5, 0.6) is 0 Å². The fourth-order valence-electron chi connectivity index (χ4n) is 1.22. The van der Waals surface area contributed by atoms with E-state index in [1.54, 1.807) is 4.52 Å². The van der Waals surface area contributed by atoms with Gasteiger partial charge in [0.15, 0.2) is 5.65 Å². The lowest BCUT2D eigenvalue weighted by molar-refractivity contribution is 0.933. The van der Waals surface area contributed by atoms with E-state index in [2.05, 4.69) is 28.6 Å². The largest absolute Gasteiger partial charge is 0.352 e. The van der Waals surface area contributed by atoms with Gasteiger partial charge in [-0.3, -0.25) is 0 Å². The summed E-state index contributed by atoms with van der Waals surface area (Å²) < 4.78 is 1.77. The van der Waals surface area contributed by atoms with Crippen molar-refractivity contribution >= 4 is 23.4 Å². The first kappa shape index (κ1) is 10.3. The number of fused-ring (bicyclic) bond motifs is 1. The molecule has 0 aliphatic heterocycles. The molecule has 0 bridgehead atoms. The van der Waals surface area contributed by atoms with E-state index in [1.165, 1.54) is 0 Å².